The standard InChI is InChI=1S/C13H14/c1-4-11-6-5-7-12-8-9(2)10(3)13(11)12/h4-7,9H,1,3,8H2,2H3. The molecule has 0 saturated heterocycles. The van der Waals surface area contributed by atoms with E-state index in [4.69, 9.17) is 0 Å². The second-order valence-corrected chi connectivity index (χ2v) is 3.72. The maximum Gasteiger partial charge on any atom is -0.0123 e. The van der Waals surface area contributed by atoms with Crippen molar-refractivity contribution in [1.29, 1.82) is 0 Å². The van der Waals surface area contributed by atoms with E-state index in [1.807, 2.05) is 6.08 Å². The number of hydrogen-bond acceptors (Lipinski definition) is 0. The minimum absolute atomic E-state index is 0.594. The molecule has 13 heavy (non-hydrogen) atoms. The van der Waals surface area contributed by atoms with Crippen LogP contribution in [0.25, 0.3) is 11.6 Å². The summed E-state index contributed by atoms with van der Waals surface area (Å²) in [6, 6.07) is 6.40. The van der Waals surface area contributed by atoms with E-state index in [0.29, 0.717) is 5.92 Å². The van der Waals surface area contributed by atoms with Crippen molar-refractivity contribution >= 4 is 11.6 Å². The third-order valence-corrected chi connectivity index (χ3v) is 2.84. The maximum atomic E-state index is 4.14. The van der Waals surface area contributed by atoms with Gasteiger partial charge in [-0.3, -0.25) is 0 Å². The molecule has 1 aromatic rings. The maximum absolute atomic E-state index is 4.14. The first-order valence-electron chi connectivity index (χ1n) is 4.67. The van der Waals surface area contributed by atoms with Gasteiger partial charge in [0.2, 0.25) is 0 Å². The van der Waals surface area contributed by atoms with E-state index in [1.54, 1.807) is 0 Å². The lowest BCUT2D eigenvalue weighted by Gasteiger charge is -2.05. The fraction of sp³-hybridized carbons (Fsp3) is 0.231. The summed E-state index contributed by atoms with van der Waals surface area (Å²) >= 11 is 0. The van der Waals surface area contributed by atoms with E-state index >= 15 is 0 Å². The molecule has 0 heterocycles. The van der Waals surface area contributed by atoms with Gasteiger partial charge in [-0.15, -0.1) is 0 Å². The Hall–Kier alpha value is -1.30. The molecular formula is C13H14. The normalized spacial score (nSPS) is 20.1. The molecule has 0 aliphatic heterocycles. The first-order chi connectivity index (χ1) is 6.24. The first kappa shape index (κ1) is 8.31. The Balaban J connectivity index is 2.64. The summed E-state index contributed by atoms with van der Waals surface area (Å²) in [5.41, 5.74) is 5.26. The van der Waals surface area contributed by atoms with E-state index in [0.717, 1.165) is 6.42 Å². The Kier molecular flexibility index (Phi) is 1.84. The molecule has 0 fully saturated rings. The monoisotopic (exact) mass is 170 g/mol. The smallest absolute Gasteiger partial charge is 0.0123 e. The SMILES string of the molecule is C=Cc1cccc2c1C(=C)C(C)C2. The van der Waals surface area contributed by atoms with Crippen molar-refractivity contribution in [2.75, 3.05) is 0 Å². The molecule has 0 radical (unpaired) electrons. The minimum atomic E-state index is 0.594. The minimum Gasteiger partial charge on any atom is -0.0984 e. The van der Waals surface area contributed by atoms with Crippen molar-refractivity contribution in [3.8, 4) is 0 Å². The van der Waals surface area contributed by atoms with Crippen LogP contribution in [0.1, 0.15) is 23.6 Å². The van der Waals surface area contributed by atoms with E-state index in [2.05, 4.69) is 38.3 Å². The van der Waals surface area contributed by atoms with Gasteiger partial charge in [-0.05, 0) is 34.6 Å². The number of hydrogen-bond donors (Lipinski definition) is 0. The number of rotatable bonds is 1. The molecule has 0 bridgehead atoms. The predicted octanol–water partition coefficient (Wildman–Crippen LogP) is 3.54. The molecule has 0 amide bonds. The van der Waals surface area contributed by atoms with Crippen molar-refractivity contribution < 1.29 is 0 Å². The Morgan fingerprint density at radius 1 is 1.46 bits per heavy atom. The van der Waals surface area contributed by atoms with Crippen LogP contribution < -0.4 is 0 Å². The van der Waals surface area contributed by atoms with Crippen LogP contribution in [0.15, 0.2) is 31.4 Å². The molecule has 1 atom stereocenters. The molecule has 1 aliphatic carbocycles. The van der Waals surface area contributed by atoms with Gasteiger partial charge in [0.25, 0.3) is 0 Å². The molecule has 0 aromatic heterocycles. The Morgan fingerprint density at radius 2 is 2.23 bits per heavy atom. The van der Waals surface area contributed by atoms with Gasteiger partial charge in [0.05, 0.1) is 0 Å². The molecule has 1 aromatic carbocycles. The molecule has 2 rings (SSSR count). The van der Waals surface area contributed by atoms with Gasteiger partial charge in [-0.25, -0.2) is 0 Å². The fourth-order valence-corrected chi connectivity index (χ4v) is 2.05. The third kappa shape index (κ3) is 1.14. The quantitative estimate of drug-likeness (QED) is 0.604. The Labute approximate surface area is 79.6 Å². The van der Waals surface area contributed by atoms with Gasteiger partial charge in [-0.2, -0.15) is 0 Å². The summed E-state index contributed by atoms with van der Waals surface area (Å²) in [7, 11) is 0. The molecule has 1 unspecified atom stereocenters. The second-order valence-electron chi connectivity index (χ2n) is 3.72. The second kappa shape index (κ2) is 2.88. The van der Waals surface area contributed by atoms with Crippen LogP contribution in [0.5, 0.6) is 0 Å². The fourth-order valence-electron chi connectivity index (χ4n) is 2.05. The topological polar surface area (TPSA) is 0 Å². The van der Waals surface area contributed by atoms with Crippen molar-refractivity contribution in [3.63, 3.8) is 0 Å². The predicted molar refractivity (Wildman–Crippen MR) is 58.4 cm³/mol. The Morgan fingerprint density at radius 3 is 2.92 bits per heavy atom. The zero-order valence-corrected chi connectivity index (χ0v) is 8.01. The highest BCUT2D eigenvalue weighted by Gasteiger charge is 2.22. The highest BCUT2D eigenvalue weighted by molar-refractivity contribution is 5.79. The summed E-state index contributed by atoms with van der Waals surface area (Å²) < 4.78 is 0. The van der Waals surface area contributed by atoms with Crippen LogP contribution in [0.3, 0.4) is 0 Å². The lowest BCUT2D eigenvalue weighted by atomic mass is 9.99. The highest BCUT2D eigenvalue weighted by atomic mass is 14.3. The van der Waals surface area contributed by atoms with Crippen LogP contribution in [0, 0.1) is 5.92 Å². The number of allylic oxidation sites excluding steroid dienone is 1. The highest BCUT2D eigenvalue weighted by Crippen LogP contribution is 2.37. The molecule has 0 nitrogen and oxygen atoms in total. The zero-order chi connectivity index (χ0) is 9.42. The zero-order valence-electron chi connectivity index (χ0n) is 8.01. The van der Waals surface area contributed by atoms with Gasteiger partial charge in [0.1, 0.15) is 0 Å². The van der Waals surface area contributed by atoms with Crippen LogP contribution in [-0.4, -0.2) is 0 Å². The van der Waals surface area contributed by atoms with Gasteiger partial charge in [-0.1, -0.05) is 44.4 Å². The summed E-state index contributed by atoms with van der Waals surface area (Å²) in [5.74, 6) is 0.594. The largest absolute Gasteiger partial charge is 0.0984 e. The molecule has 0 saturated carbocycles. The third-order valence-electron chi connectivity index (χ3n) is 2.84. The molecule has 0 heteroatoms. The molecule has 66 valence electrons. The van der Waals surface area contributed by atoms with E-state index in [1.165, 1.54) is 22.3 Å². The number of fused-ring (bicyclic) bond motifs is 1. The van der Waals surface area contributed by atoms with Crippen LogP contribution in [0.4, 0.5) is 0 Å². The van der Waals surface area contributed by atoms with E-state index in [-0.39, 0.29) is 0 Å². The van der Waals surface area contributed by atoms with Gasteiger partial charge in [0.15, 0.2) is 0 Å². The van der Waals surface area contributed by atoms with Crippen LogP contribution in [-0.2, 0) is 6.42 Å². The van der Waals surface area contributed by atoms with Crippen molar-refractivity contribution in [1.82, 2.24) is 0 Å². The summed E-state index contributed by atoms with van der Waals surface area (Å²) in [4.78, 5) is 0. The van der Waals surface area contributed by atoms with Crippen molar-refractivity contribution in [2.24, 2.45) is 5.92 Å². The van der Waals surface area contributed by atoms with Crippen molar-refractivity contribution in [2.45, 2.75) is 13.3 Å². The molecule has 0 N–H and O–H groups in total. The van der Waals surface area contributed by atoms with E-state index < -0.39 is 0 Å². The van der Waals surface area contributed by atoms with Gasteiger partial charge < -0.3 is 0 Å². The average molecular weight is 170 g/mol. The number of benzene rings is 1. The summed E-state index contributed by atoms with van der Waals surface area (Å²) in [5, 5.41) is 0. The average Bonchev–Trinajstić information content (AvgIpc) is 2.43. The van der Waals surface area contributed by atoms with Crippen LogP contribution >= 0.6 is 0 Å². The van der Waals surface area contributed by atoms with Crippen molar-refractivity contribution in [3.05, 3.63) is 48.0 Å². The molecule has 1 aliphatic rings. The Bertz CT molecular complexity index is 372. The summed E-state index contributed by atoms with van der Waals surface area (Å²) in [6.07, 6.45) is 3.05. The lowest BCUT2D eigenvalue weighted by Crippen LogP contribution is -1.88. The lowest BCUT2D eigenvalue weighted by molar-refractivity contribution is 0.782. The van der Waals surface area contributed by atoms with E-state index in [9.17, 15) is 0 Å². The first-order valence-corrected chi connectivity index (χ1v) is 4.67. The van der Waals surface area contributed by atoms with Crippen LogP contribution in [0.2, 0.25) is 0 Å². The molecule has 0 spiro atoms. The van der Waals surface area contributed by atoms with Gasteiger partial charge >= 0.3 is 0 Å². The van der Waals surface area contributed by atoms with Gasteiger partial charge in [0, 0.05) is 0 Å². The summed E-state index contributed by atoms with van der Waals surface area (Å²) in [6.45, 7) is 10.2. The molecular weight excluding hydrogens is 156 g/mol.